The average molecular weight is 246 g/mol. The number of carbonyl (C=O) groups is 1. The molecule has 1 atom stereocenters. The Balaban J connectivity index is 2.20. The van der Waals surface area contributed by atoms with E-state index in [-0.39, 0.29) is 0 Å². The second-order valence-electron chi connectivity index (χ2n) is 5.10. The Morgan fingerprint density at radius 1 is 1.39 bits per heavy atom. The average Bonchev–Trinajstić information content (AvgIpc) is 2.38. The van der Waals surface area contributed by atoms with Crippen LogP contribution in [0.2, 0.25) is 0 Å². The van der Waals surface area contributed by atoms with E-state index >= 15 is 0 Å². The third-order valence-corrected chi connectivity index (χ3v) is 3.82. The van der Waals surface area contributed by atoms with Crippen molar-refractivity contribution in [1.82, 2.24) is 4.90 Å². The first-order chi connectivity index (χ1) is 8.65. The zero-order valence-electron chi connectivity index (χ0n) is 11.5. The van der Waals surface area contributed by atoms with E-state index in [0.29, 0.717) is 6.04 Å². The lowest BCUT2D eigenvalue weighted by molar-refractivity contribution is 0.112. The van der Waals surface area contributed by atoms with Crippen LogP contribution in [0.1, 0.15) is 29.8 Å². The van der Waals surface area contributed by atoms with Gasteiger partial charge in [0.1, 0.15) is 0 Å². The topological polar surface area (TPSA) is 23.6 Å². The van der Waals surface area contributed by atoms with E-state index in [1.54, 1.807) is 0 Å². The molecular weight excluding hydrogens is 224 g/mol. The summed E-state index contributed by atoms with van der Waals surface area (Å²) in [5.74, 6) is 0. The number of anilines is 1. The highest BCUT2D eigenvalue weighted by Crippen LogP contribution is 2.23. The van der Waals surface area contributed by atoms with Crippen molar-refractivity contribution in [1.29, 1.82) is 0 Å². The van der Waals surface area contributed by atoms with Gasteiger partial charge in [-0.25, -0.2) is 0 Å². The molecule has 0 N–H and O–H groups in total. The lowest BCUT2D eigenvalue weighted by Crippen LogP contribution is -2.51. The van der Waals surface area contributed by atoms with Crippen LogP contribution in [0.5, 0.6) is 0 Å². The third kappa shape index (κ3) is 2.56. The Hall–Kier alpha value is -1.35. The normalized spacial score (nSPS) is 21.1. The van der Waals surface area contributed by atoms with Crippen LogP contribution in [0.25, 0.3) is 0 Å². The fraction of sp³-hybridized carbons (Fsp3) is 0.533. The SMILES string of the molecule is CCN1CCN(c2ccc(C)cc2C=O)CC1C. The minimum absolute atomic E-state index is 0.546. The minimum Gasteiger partial charge on any atom is -0.368 e. The van der Waals surface area contributed by atoms with Crippen molar-refractivity contribution in [3.8, 4) is 0 Å². The number of aryl methyl sites for hydroxylation is 1. The van der Waals surface area contributed by atoms with E-state index in [9.17, 15) is 4.79 Å². The van der Waals surface area contributed by atoms with E-state index in [2.05, 4.69) is 35.8 Å². The minimum atomic E-state index is 0.546. The number of hydrogen-bond acceptors (Lipinski definition) is 3. The van der Waals surface area contributed by atoms with Crippen molar-refractivity contribution in [2.75, 3.05) is 31.1 Å². The lowest BCUT2D eigenvalue weighted by Gasteiger charge is -2.41. The smallest absolute Gasteiger partial charge is 0.152 e. The van der Waals surface area contributed by atoms with Gasteiger partial charge in [0.05, 0.1) is 0 Å². The molecule has 1 heterocycles. The van der Waals surface area contributed by atoms with Crippen molar-refractivity contribution < 1.29 is 4.79 Å². The van der Waals surface area contributed by atoms with Crippen molar-refractivity contribution >= 4 is 12.0 Å². The van der Waals surface area contributed by atoms with E-state index in [0.717, 1.165) is 49.3 Å². The van der Waals surface area contributed by atoms with Gasteiger partial charge in [-0.1, -0.05) is 18.6 Å². The molecule has 1 unspecified atom stereocenters. The number of piperazine rings is 1. The van der Waals surface area contributed by atoms with Gasteiger partial charge in [0.15, 0.2) is 6.29 Å². The van der Waals surface area contributed by atoms with Crippen LogP contribution >= 0.6 is 0 Å². The molecule has 0 aliphatic carbocycles. The Morgan fingerprint density at radius 2 is 2.17 bits per heavy atom. The molecule has 1 aromatic rings. The molecule has 0 bridgehead atoms. The summed E-state index contributed by atoms with van der Waals surface area (Å²) in [4.78, 5) is 16.0. The van der Waals surface area contributed by atoms with Crippen molar-refractivity contribution in [3.05, 3.63) is 29.3 Å². The molecule has 18 heavy (non-hydrogen) atoms. The maximum absolute atomic E-state index is 11.2. The monoisotopic (exact) mass is 246 g/mol. The van der Waals surface area contributed by atoms with Crippen LogP contribution in [0.4, 0.5) is 5.69 Å². The van der Waals surface area contributed by atoms with Gasteiger partial charge in [0.25, 0.3) is 0 Å². The van der Waals surface area contributed by atoms with Gasteiger partial charge in [0.2, 0.25) is 0 Å². The maximum Gasteiger partial charge on any atom is 0.152 e. The zero-order chi connectivity index (χ0) is 13.1. The first-order valence-electron chi connectivity index (χ1n) is 6.70. The van der Waals surface area contributed by atoms with E-state index in [4.69, 9.17) is 0 Å². The lowest BCUT2D eigenvalue weighted by atomic mass is 10.1. The Bertz CT molecular complexity index is 431. The number of carbonyl (C=O) groups excluding carboxylic acids is 1. The molecular formula is C15H22N2O. The first kappa shape index (κ1) is 13.1. The van der Waals surface area contributed by atoms with Gasteiger partial charge in [-0.2, -0.15) is 0 Å². The Morgan fingerprint density at radius 3 is 2.78 bits per heavy atom. The highest BCUT2D eigenvalue weighted by atomic mass is 16.1. The fourth-order valence-corrected chi connectivity index (χ4v) is 2.74. The highest BCUT2D eigenvalue weighted by Gasteiger charge is 2.23. The molecule has 3 heteroatoms. The van der Waals surface area contributed by atoms with Gasteiger partial charge < -0.3 is 4.90 Å². The number of hydrogen-bond donors (Lipinski definition) is 0. The molecule has 1 saturated heterocycles. The Kier molecular flexibility index (Phi) is 4.02. The van der Waals surface area contributed by atoms with E-state index in [1.807, 2.05) is 13.0 Å². The molecule has 98 valence electrons. The van der Waals surface area contributed by atoms with Crippen molar-refractivity contribution in [2.24, 2.45) is 0 Å². The van der Waals surface area contributed by atoms with Crippen LogP contribution in [0.15, 0.2) is 18.2 Å². The second kappa shape index (κ2) is 5.53. The molecule has 0 saturated carbocycles. The van der Waals surface area contributed by atoms with E-state index < -0.39 is 0 Å². The molecule has 1 aliphatic heterocycles. The highest BCUT2D eigenvalue weighted by molar-refractivity contribution is 5.85. The van der Waals surface area contributed by atoms with Crippen LogP contribution in [-0.2, 0) is 0 Å². The van der Waals surface area contributed by atoms with E-state index in [1.165, 1.54) is 0 Å². The quantitative estimate of drug-likeness (QED) is 0.765. The largest absolute Gasteiger partial charge is 0.368 e. The Labute approximate surface area is 109 Å². The number of likely N-dealkylation sites (N-methyl/N-ethyl adjacent to an activating group) is 1. The molecule has 0 amide bonds. The van der Waals surface area contributed by atoms with Crippen LogP contribution < -0.4 is 4.90 Å². The van der Waals surface area contributed by atoms with Gasteiger partial charge in [-0.3, -0.25) is 9.69 Å². The summed E-state index contributed by atoms with van der Waals surface area (Å²) in [6, 6.07) is 6.68. The van der Waals surface area contributed by atoms with Gasteiger partial charge in [0, 0.05) is 36.9 Å². The summed E-state index contributed by atoms with van der Waals surface area (Å²) in [7, 11) is 0. The molecule has 0 radical (unpaired) electrons. The summed E-state index contributed by atoms with van der Waals surface area (Å²) in [6.07, 6.45) is 0.971. The summed E-state index contributed by atoms with van der Waals surface area (Å²) < 4.78 is 0. The maximum atomic E-state index is 11.2. The molecule has 1 aliphatic rings. The summed E-state index contributed by atoms with van der Waals surface area (Å²) >= 11 is 0. The molecule has 0 aromatic heterocycles. The molecule has 2 rings (SSSR count). The predicted octanol–water partition coefficient (Wildman–Crippen LogP) is 2.34. The number of benzene rings is 1. The fourth-order valence-electron chi connectivity index (χ4n) is 2.74. The zero-order valence-corrected chi connectivity index (χ0v) is 11.5. The van der Waals surface area contributed by atoms with Crippen LogP contribution in [-0.4, -0.2) is 43.4 Å². The van der Waals surface area contributed by atoms with Gasteiger partial charge in [-0.15, -0.1) is 0 Å². The molecule has 0 spiro atoms. The van der Waals surface area contributed by atoms with Crippen molar-refractivity contribution in [3.63, 3.8) is 0 Å². The summed E-state index contributed by atoms with van der Waals surface area (Å²) in [5.41, 5.74) is 3.03. The standard InChI is InChI=1S/C15H22N2O/c1-4-16-7-8-17(10-13(16)3)15-6-5-12(2)9-14(15)11-18/h5-6,9,11,13H,4,7-8,10H2,1-3H3. The number of nitrogens with zero attached hydrogens (tertiary/aromatic N) is 2. The third-order valence-electron chi connectivity index (χ3n) is 3.82. The van der Waals surface area contributed by atoms with Gasteiger partial charge >= 0.3 is 0 Å². The first-order valence-corrected chi connectivity index (χ1v) is 6.70. The molecule has 3 nitrogen and oxygen atoms in total. The predicted molar refractivity (Wildman–Crippen MR) is 75.5 cm³/mol. The van der Waals surface area contributed by atoms with Crippen LogP contribution in [0.3, 0.4) is 0 Å². The summed E-state index contributed by atoms with van der Waals surface area (Å²) in [6.45, 7) is 10.7. The number of rotatable bonds is 3. The van der Waals surface area contributed by atoms with Crippen molar-refractivity contribution in [2.45, 2.75) is 26.8 Å². The van der Waals surface area contributed by atoms with Crippen LogP contribution in [0, 0.1) is 6.92 Å². The molecule has 1 aromatic carbocycles. The molecule has 1 fully saturated rings. The van der Waals surface area contributed by atoms with Gasteiger partial charge in [-0.05, 0) is 32.5 Å². The summed E-state index contributed by atoms with van der Waals surface area (Å²) in [5, 5.41) is 0. The number of aldehydes is 1. The second-order valence-corrected chi connectivity index (χ2v) is 5.10.